The van der Waals surface area contributed by atoms with Crippen LogP contribution in [0.4, 0.5) is 30.5 Å². The smallest absolute Gasteiger partial charge is 0.355 e. The third-order valence-corrected chi connectivity index (χ3v) is 10.2. The molecule has 0 bridgehead atoms. The first-order valence-corrected chi connectivity index (χ1v) is 22.0. The first kappa shape index (κ1) is 40.9. The van der Waals surface area contributed by atoms with Gasteiger partial charge in [0.25, 0.3) is 10.0 Å². The lowest BCUT2D eigenvalue weighted by Gasteiger charge is -2.19. The second kappa shape index (κ2) is 16.9. The molecule has 18 heteroatoms. The summed E-state index contributed by atoms with van der Waals surface area (Å²) in [5.74, 6) is -4.15. The Morgan fingerprint density at radius 3 is 2.40 bits per heavy atom. The number of hydrogen-bond acceptors (Lipinski definition) is 10. The topological polar surface area (TPSA) is 162 Å². The van der Waals surface area contributed by atoms with Crippen molar-refractivity contribution in [2.45, 2.75) is 90.5 Å². The van der Waals surface area contributed by atoms with Crippen LogP contribution < -0.4 is 14.8 Å². The van der Waals surface area contributed by atoms with Crippen molar-refractivity contribution in [3.05, 3.63) is 71.7 Å². The highest BCUT2D eigenvalue weighted by Gasteiger charge is 2.27. The molecule has 0 aliphatic heterocycles. The molecule has 2 heterocycles. The zero-order valence-electron chi connectivity index (χ0n) is 30.6. The van der Waals surface area contributed by atoms with Gasteiger partial charge >= 0.3 is 11.7 Å². The molecule has 2 aromatic heterocycles. The van der Waals surface area contributed by atoms with E-state index >= 15 is 0 Å². The van der Waals surface area contributed by atoms with Crippen molar-refractivity contribution in [3.63, 3.8) is 0 Å². The van der Waals surface area contributed by atoms with Crippen molar-refractivity contribution >= 4 is 41.4 Å². The molecule has 13 nitrogen and oxygen atoms in total. The van der Waals surface area contributed by atoms with E-state index in [1.807, 2.05) is 4.72 Å². The summed E-state index contributed by atoms with van der Waals surface area (Å²) in [5, 5.41) is 22.7. The summed E-state index contributed by atoms with van der Waals surface area (Å²) in [5.41, 5.74) is 0.119. The number of benzene rings is 2. The number of nitrogens with one attached hydrogen (secondary N) is 2. The number of alkyl halides is 2. The fourth-order valence-electron chi connectivity index (χ4n) is 4.83. The minimum atomic E-state index is -5.09. The Balaban J connectivity index is 1.72. The van der Waals surface area contributed by atoms with Crippen LogP contribution in [0, 0.1) is 17.1 Å². The molecule has 1 atom stereocenters. The van der Waals surface area contributed by atoms with Gasteiger partial charge in [-0.15, -0.1) is 0 Å². The van der Waals surface area contributed by atoms with Gasteiger partial charge in [-0.25, -0.2) is 17.5 Å². The van der Waals surface area contributed by atoms with Crippen molar-refractivity contribution < 1.29 is 40.6 Å². The number of carbonyl (C=O) groups is 1. The number of anilines is 3. The molecule has 0 spiro atoms. The van der Waals surface area contributed by atoms with E-state index in [2.05, 4.69) is 41.2 Å². The molecule has 0 radical (unpaired) electrons. The maximum absolute atomic E-state index is 13.6. The van der Waals surface area contributed by atoms with Crippen LogP contribution in [-0.2, 0) is 37.6 Å². The standard InChI is InChI=1S/C35H44F3N7O6SSi/c1-23(24-8-11-26(36)12-9-24)50-29-20-25(10-13-28(29)43-52(47,48)34(37)38)32-27(21-39)33(45(42-32)22-49-18-19-53(5,6)7)40-30-14-16-44(41-30)17-15-31(46)51-35(2,3)4/h8-14,16,20,23,34,43H,15,17-19,22H2,1-7H3,(H,40,41). The van der Waals surface area contributed by atoms with Crippen LogP contribution in [0.1, 0.15) is 51.3 Å². The molecule has 4 rings (SSSR count). The number of aryl methyl sites for hydroxylation is 1. The van der Waals surface area contributed by atoms with Gasteiger partial charge in [-0.3, -0.25) is 14.2 Å². The molecule has 4 aromatic rings. The fourth-order valence-corrected chi connectivity index (χ4v) is 6.15. The summed E-state index contributed by atoms with van der Waals surface area (Å²) < 4.78 is 87.0. The van der Waals surface area contributed by atoms with Crippen molar-refractivity contribution in [2.24, 2.45) is 0 Å². The first-order chi connectivity index (χ1) is 24.7. The highest BCUT2D eigenvalue weighted by atomic mass is 32.2. The summed E-state index contributed by atoms with van der Waals surface area (Å²) in [6.45, 7) is 14.3. The van der Waals surface area contributed by atoms with Gasteiger partial charge in [-0.05, 0) is 63.6 Å². The number of halogens is 3. The summed E-state index contributed by atoms with van der Waals surface area (Å²) in [4.78, 5) is 12.2. The van der Waals surface area contributed by atoms with Crippen LogP contribution in [0.25, 0.3) is 11.3 Å². The second-order valence-electron chi connectivity index (χ2n) is 14.4. The quantitative estimate of drug-likeness (QED) is 0.0619. The normalized spacial score (nSPS) is 12.7. The highest BCUT2D eigenvalue weighted by Crippen LogP contribution is 2.38. The van der Waals surface area contributed by atoms with Crippen molar-refractivity contribution in [3.8, 4) is 23.1 Å². The summed E-state index contributed by atoms with van der Waals surface area (Å²) in [7, 11) is -6.52. The van der Waals surface area contributed by atoms with Gasteiger partial charge < -0.3 is 19.5 Å². The Morgan fingerprint density at radius 1 is 1.08 bits per heavy atom. The van der Waals surface area contributed by atoms with Crippen molar-refractivity contribution in [1.29, 1.82) is 5.26 Å². The Labute approximate surface area is 308 Å². The monoisotopic (exact) mass is 775 g/mol. The number of sulfonamides is 1. The zero-order chi connectivity index (χ0) is 39.1. The van der Waals surface area contributed by atoms with E-state index in [1.54, 1.807) is 44.6 Å². The van der Waals surface area contributed by atoms with Gasteiger partial charge in [0.05, 0.1) is 18.7 Å². The number of nitrogens with zero attached hydrogens (tertiary/aromatic N) is 5. The van der Waals surface area contributed by atoms with Crippen LogP contribution in [0.5, 0.6) is 5.75 Å². The van der Waals surface area contributed by atoms with Crippen LogP contribution in [0.3, 0.4) is 0 Å². The van der Waals surface area contributed by atoms with E-state index in [-0.39, 0.29) is 59.7 Å². The van der Waals surface area contributed by atoms with E-state index in [9.17, 15) is 31.6 Å². The largest absolute Gasteiger partial charge is 0.484 e. The average molecular weight is 776 g/mol. The predicted molar refractivity (Wildman–Crippen MR) is 196 cm³/mol. The van der Waals surface area contributed by atoms with Crippen LogP contribution in [-0.4, -0.2) is 60.0 Å². The molecule has 0 saturated heterocycles. The van der Waals surface area contributed by atoms with E-state index in [1.165, 1.54) is 47.1 Å². The van der Waals surface area contributed by atoms with Crippen LogP contribution in [0.15, 0.2) is 54.7 Å². The Hall–Kier alpha value is -4.86. The fraction of sp³-hybridized carbons (Fsp3) is 0.429. The Morgan fingerprint density at radius 2 is 1.77 bits per heavy atom. The van der Waals surface area contributed by atoms with Gasteiger partial charge in [-0.2, -0.15) is 24.2 Å². The molecule has 286 valence electrons. The molecule has 2 aromatic carbocycles. The molecule has 0 amide bonds. The number of carbonyl (C=O) groups excluding carboxylic acids is 1. The van der Waals surface area contributed by atoms with E-state index < -0.39 is 41.4 Å². The third-order valence-electron chi connectivity index (χ3n) is 7.51. The van der Waals surface area contributed by atoms with Crippen molar-refractivity contribution in [1.82, 2.24) is 19.6 Å². The zero-order valence-corrected chi connectivity index (χ0v) is 32.4. The first-order valence-electron chi connectivity index (χ1n) is 16.7. The molecule has 2 N–H and O–H groups in total. The number of aromatic nitrogens is 4. The van der Waals surface area contributed by atoms with Gasteiger partial charge in [0.2, 0.25) is 0 Å². The summed E-state index contributed by atoms with van der Waals surface area (Å²) in [6.07, 6.45) is 0.967. The Kier molecular flexibility index (Phi) is 13.0. The van der Waals surface area contributed by atoms with Gasteiger partial charge in [-0.1, -0.05) is 37.8 Å². The van der Waals surface area contributed by atoms with Crippen LogP contribution in [0.2, 0.25) is 25.7 Å². The lowest BCUT2D eigenvalue weighted by atomic mass is 10.1. The molecule has 1 unspecified atom stereocenters. The van der Waals surface area contributed by atoms with Gasteiger partial charge in [0.15, 0.2) is 11.6 Å². The lowest BCUT2D eigenvalue weighted by Crippen LogP contribution is -2.24. The number of esters is 1. The van der Waals surface area contributed by atoms with E-state index in [0.29, 0.717) is 18.0 Å². The number of ether oxygens (including phenoxy) is 3. The number of hydrogen-bond donors (Lipinski definition) is 2. The number of nitriles is 1. The van der Waals surface area contributed by atoms with Gasteiger partial charge in [0.1, 0.15) is 47.3 Å². The van der Waals surface area contributed by atoms with E-state index in [4.69, 9.17) is 14.2 Å². The van der Waals surface area contributed by atoms with Crippen molar-refractivity contribution in [2.75, 3.05) is 16.6 Å². The average Bonchev–Trinajstić information content (AvgIpc) is 3.65. The maximum atomic E-state index is 13.6. The maximum Gasteiger partial charge on any atom is 0.355 e. The number of rotatable bonds is 17. The Bertz CT molecular complexity index is 2040. The highest BCUT2D eigenvalue weighted by molar-refractivity contribution is 7.93. The molecule has 0 fully saturated rings. The minimum absolute atomic E-state index is 0.0436. The molecular formula is C35H44F3N7O6SSi. The third kappa shape index (κ3) is 11.8. The summed E-state index contributed by atoms with van der Waals surface area (Å²) >= 11 is 0. The molecule has 0 saturated carbocycles. The predicted octanol–water partition coefficient (Wildman–Crippen LogP) is 7.65. The van der Waals surface area contributed by atoms with Crippen LogP contribution >= 0.6 is 0 Å². The lowest BCUT2D eigenvalue weighted by molar-refractivity contribution is -0.155. The molecular weight excluding hydrogens is 732 g/mol. The van der Waals surface area contributed by atoms with E-state index in [0.717, 1.165) is 6.04 Å². The second-order valence-corrected chi connectivity index (χ2v) is 21.7. The minimum Gasteiger partial charge on any atom is -0.484 e. The summed E-state index contributed by atoms with van der Waals surface area (Å²) in [6, 6.07) is 14.1. The molecule has 0 aliphatic rings. The molecule has 53 heavy (non-hydrogen) atoms. The van der Waals surface area contributed by atoms with Gasteiger partial charge in [0, 0.05) is 32.5 Å². The molecule has 0 aliphatic carbocycles. The SMILES string of the molecule is CC(Oc1cc(-c2nn(COCC[Si](C)(C)C)c(Nc3ccn(CCC(=O)OC(C)(C)C)n3)c2C#N)ccc1NS(=O)(=O)C(F)F)c1ccc(F)cc1.